The van der Waals surface area contributed by atoms with Crippen molar-refractivity contribution in [1.29, 1.82) is 5.26 Å². The molecule has 0 aliphatic carbocycles. The first-order chi connectivity index (χ1) is 8.87. The Labute approximate surface area is 113 Å². The molecule has 0 spiro atoms. The summed E-state index contributed by atoms with van der Waals surface area (Å²) in [6.45, 7) is 5.10. The highest BCUT2D eigenvalue weighted by molar-refractivity contribution is 7.89. The summed E-state index contributed by atoms with van der Waals surface area (Å²) in [5.74, 6) is 0. The van der Waals surface area contributed by atoms with Crippen LogP contribution in [-0.4, -0.2) is 30.8 Å². The molecule has 5 nitrogen and oxygen atoms in total. The summed E-state index contributed by atoms with van der Waals surface area (Å²) in [5.41, 5.74) is -0.0637. The molecule has 1 aromatic rings. The van der Waals surface area contributed by atoms with Crippen molar-refractivity contribution in [1.82, 2.24) is 9.29 Å². The van der Waals surface area contributed by atoms with Crippen LogP contribution in [0.4, 0.5) is 0 Å². The van der Waals surface area contributed by atoms with Gasteiger partial charge >= 0.3 is 0 Å². The average molecular weight is 279 g/mol. The van der Waals surface area contributed by atoms with E-state index >= 15 is 0 Å². The Morgan fingerprint density at radius 3 is 2.84 bits per heavy atom. The van der Waals surface area contributed by atoms with Crippen molar-refractivity contribution in [3.05, 3.63) is 24.0 Å². The number of pyridine rings is 1. The normalized spacial score (nSPS) is 19.8. The number of nitrogens with zero attached hydrogens (tertiary/aromatic N) is 3. The van der Waals surface area contributed by atoms with Gasteiger partial charge in [-0.2, -0.15) is 9.57 Å². The molecule has 1 aliphatic heterocycles. The van der Waals surface area contributed by atoms with Gasteiger partial charge in [-0.1, -0.05) is 13.8 Å². The molecule has 0 radical (unpaired) electrons. The summed E-state index contributed by atoms with van der Waals surface area (Å²) in [7, 11) is -3.63. The number of hydrogen-bond acceptors (Lipinski definition) is 4. The number of rotatable bonds is 2. The first-order valence-electron chi connectivity index (χ1n) is 6.22. The lowest BCUT2D eigenvalue weighted by Gasteiger charge is -2.37. The smallest absolute Gasteiger partial charge is 0.244 e. The van der Waals surface area contributed by atoms with E-state index in [1.54, 1.807) is 6.07 Å². The molecule has 2 heterocycles. The lowest BCUT2D eigenvalue weighted by molar-refractivity contribution is 0.187. The zero-order valence-corrected chi connectivity index (χ0v) is 11.9. The number of aromatic nitrogens is 1. The molecule has 0 atom stereocenters. The monoisotopic (exact) mass is 279 g/mol. The Bertz CT molecular complexity index is 617. The second-order valence-corrected chi connectivity index (χ2v) is 7.47. The molecular weight excluding hydrogens is 262 g/mol. The number of sulfonamides is 1. The third-order valence-corrected chi connectivity index (χ3v) is 5.24. The summed E-state index contributed by atoms with van der Waals surface area (Å²) < 4.78 is 26.6. The van der Waals surface area contributed by atoms with E-state index < -0.39 is 10.0 Å². The Morgan fingerprint density at radius 2 is 2.21 bits per heavy atom. The highest BCUT2D eigenvalue weighted by Gasteiger charge is 2.35. The van der Waals surface area contributed by atoms with Crippen LogP contribution in [0, 0.1) is 16.7 Å². The van der Waals surface area contributed by atoms with Crippen LogP contribution in [0.15, 0.2) is 23.2 Å². The van der Waals surface area contributed by atoms with Crippen molar-refractivity contribution in [3.63, 3.8) is 0 Å². The van der Waals surface area contributed by atoms with Gasteiger partial charge in [0.1, 0.15) is 11.0 Å². The third kappa shape index (κ3) is 2.77. The summed E-state index contributed by atoms with van der Waals surface area (Å²) in [4.78, 5) is 3.84. The van der Waals surface area contributed by atoms with E-state index in [9.17, 15) is 8.42 Å². The van der Waals surface area contributed by atoms with Gasteiger partial charge in [-0.05, 0) is 30.4 Å². The minimum absolute atomic E-state index is 0.00944. The zero-order valence-electron chi connectivity index (χ0n) is 11.1. The zero-order chi connectivity index (χ0) is 14.1. The van der Waals surface area contributed by atoms with Crippen molar-refractivity contribution in [2.75, 3.05) is 13.1 Å². The average Bonchev–Trinajstić information content (AvgIpc) is 2.37. The Hall–Kier alpha value is -1.45. The van der Waals surface area contributed by atoms with E-state index in [0.29, 0.717) is 13.1 Å². The lowest BCUT2D eigenvalue weighted by atomic mass is 9.85. The molecule has 1 aromatic heterocycles. The first-order valence-corrected chi connectivity index (χ1v) is 7.66. The SMILES string of the molecule is CC1(C)CCCN(S(=O)(=O)c2cccnc2C#N)C1. The van der Waals surface area contributed by atoms with Crippen LogP contribution in [-0.2, 0) is 10.0 Å². The fourth-order valence-corrected chi connectivity index (χ4v) is 4.16. The molecule has 0 unspecified atom stereocenters. The maximum absolute atomic E-state index is 12.6. The first kappa shape index (κ1) is 14.0. The summed E-state index contributed by atoms with van der Waals surface area (Å²) in [6, 6.07) is 4.84. The van der Waals surface area contributed by atoms with Crippen molar-refractivity contribution in [2.45, 2.75) is 31.6 Å². The van der Waals surface area contributed by atoms with Crippen molar-refractivity contribution in [2.24, 2.45) is 5.41 Å². The Balaban J connectivity index is 2.40. The molecular formula is C13H17N3O2S. The second kappa shape index (κ2) is 4.91. The minimum atomic E-state index is -3.63. The molecule has 6 heteroatoms. The Kier molecular flexibility index (Phi) is 3.61. The fourth-order valence-electron chi connectivity index (χ4n) is 2.40. The van der Waals surface area contributed by atoms with E-state index in [1.807, 2.05) is 6.07 Å². The minimum Gasteiger partial charge on any atom is -0.244 e. The number of piperidine rings is 1. The van der Waals surface area contributed by atoms with E-state index in [4.69, 9.17) is 5.26 Å². The topological polar surface area (TPSA) is 74.1 Å². The quantitative estimate of drug-likeness (QED) is 0.827. The fraction of sp³-hybridized carbons (Fsp3) is 0.538. The Morgan fingerprint density at radius 1 is 1.47 bits per heavy atom. The molecule has 2 rings (SSSR count). The van der Waals surface area contributed by atoms with Gasteiger partial charge in [0, 0.05) is 19.3 Å². The van der Waals surface area contributed by atoms with Crippen LogP contribution in [0.1, 0.15) is 32.4 Å². The second-order valence-electron chi connectivity index (χ2n) is 5.57. The summed E-state index contributed by atoms with van der Waals surface area (Å²) >= 11 is 0. The van der Waals surface area contributed by atoms with Gasteiger partial charge in [0.25, 0.3) is 0 Å². The number of hydrogen-bond donors (Lipinski definition) is 0. The molecule has 1 fully saturated rings. The van der Waals surface area contributed by atoms with Crippen molar-refractivity contribution < 1.29 is 8.42 Å². The van der Waals surface area contributed by atoms with Crippen molar-refractivity contribution in [3.8, 4) is 6.07 Å². The maximum atomic E-state index is 12.6. The van der Waals surface area contributed by atoms with Crippen LogP contribution < -0.4 is 0 Å². The van der Waals surface area contributed by atoms with Crippen LogP contribution in [0.3, 0.4) is 0 Å². The molecule has 0 bridgehead atoms. The predicted octanol–water partition coefficient (Wildman–Crippen LogP) is 1.76. The van der Waals surface area contributed by atoms with E-state index in [-0.39, 0.29) is 16.0 Å². The van der Waals surface area contributed by atoms with E-state index in [2.05, 4.69) is 18.8 Å². The van der Waals surface area contributed by atoms with Gasteiger partial charge < -0.3 is 0 Å². The third-order valence-electron chi connectivity index (χ3n) is 3.36. The van der Waals surface area contributed by atoms with Crippen LogP contribution in [0.5, 0.6) is 0 Å². The van der Waals surface area contributed by atoms with Gasteiger partial charge in [-0.15, -0.1) is 0 Å². The lowest BCUT2D eigenvalue weighted by Crippen LogP contribution is -2.43. The van der Waals surface area contributed by atoms with Gasteiger partial charge in [0.15, 0.2) is 5.69 Å². The molecule has 102 valence electrons. The summed E-state index contributed by atoms with van der Waals surface area (Å²) in [6.07, 6.45) is 3.28. The molecule has 0 N–H and O–H groups in total. The molecule has 1 aliphatic rings. The van der Waals surface area contributed by atoms with Gasteiger partial charge in [-0.25, -0.2) is 13.4 Å². The van der Waals surface area contributed by atoms with E-state index in [1.165, 1.54) is 16.6 Å². The standard InChI is InChI=1S/C13H17N3O2S/c1-13(2)6-4-8-16(10-13)19(17,18)12-5-3-7-15-11(12)9-14/h3,5,7H,4,6,8,10H2,1-2H3. The predicted molar refractivity (Wildman–Crippen MR) is 70.7 cm³/mol. The van der Waals surface area contributed by atoms with Crippen LogP contribution in [0.2, 0.25) is 0 Å². The van der Waals surface area contributed by atoms with Gasteiger partial charge in [0.05, 0.1) is 0 Å². The molecule has 1 saturated heterocycles. The number of nitriles is 1. The maximum Gasteiger partial charge on any atom is 0.245 e. The van der Waals surface area contributed by atoms with E-state index in [0.717, 1.165) is 12.8 Å². The van der Waals surface area contributed by atoms with Crippen LogP contribution in [0.25, 0.3) is 0 Å². The summed E-state index contributed by atoms with van der Waals surface area (Å²) in [5, 5.41) is 8.99. The molecule has 0 saturated carbocycles. The van der Waals surface area contributed by atoms with Crippen molar-refractivity contribution >= 4 is 10.0 Å². The largest absolute Gasteiger partial charge is 0.245 e. The molecule has 0 amide bonds. The molecule has 0 aromatic carbocycles. The molecule has 19 heavy (non-hydrogen) atoms. The van der Waals surface area contributed by atoms with Gasteiger partial charge in [0.2, 0.25) is 10.0 Å². The highest BCUT2D eigenvalue weighted by Crippen LogP contribution is 2.32. The van der Waals surface area contributed by atoms with Crippen LogP contribution >= 0.6 is 0 Å². The van der Waals surface area contributed by atoms with Gasteiger partial charge in [-0.3, -0.25) is 0 Å². The highest BCUT2D eigenvalue weighted by atomic mass is 32.2.